The summed E-state index contributed by atoms with van der Waals surface area (Å²) < 4.78 is 13.3. The Morgan fingerprint density at radius 2 is 2.21 bits per heavy atom. The van der Waals surface area contributed by atoms with Gasteiger partial charge in [-0.15, -0.1) is 0 Å². The summed E-state index contributed by atoms with van der Waals surface area (Å²) in [5, 5.41) is 11.3. The predicted octanol–water partition coefficient (Wildman–Crippen LogP) is 2.39. The molecule has 0 aliphatic carbocycles. The van der Waals surface area contributed by atoms with E-state index in [2.05, 4.69) is 15.3 Å². The van der Waals surface area contributed by atoms with Crippen molar-refractivity contribution >= 4 is 23.2 Å². The van der Waals surface area contributed by atoms with E-state index in [0.29, 0.717) is 0 Å². The van der Waals surface area contributed by atoms with E-state index in [1.54, 1.807) is 6.07 Å². The minimum Gasteiger partial charge on any atom is -0.319 e. The highest BCUT2D eigenvalue weighted by Crippen LogP contribution is 2.18. The zero-order valence-electron chi connectivity index (χ0n) is 9.39. The zero-order chi connectivity index (χ0) is 13.8. The van der Waals surface area contributed by atoms with Crippen LogP contribution in [0.4, 0.5) is 10.1 Å². The Kier molecular flexibility index (Phi) is 3.68. The Labute approximate surface area is 112 Å². The van der Waals surface area contributed by atoms with Crippen molar-refractivity contribution in [2.24, 2.45) is 0 Å². The predicted molar refractivity (Wildman–Crippen MR) is 66.1 cm³/mol. The number of amides is 1. The molecule has 0 fully saturated rings. The van der Waals surface area contributed by atoms with Gasteiger partial charge in [-0.25, -0.2) is 9.37 Å². The summed E-state index contributed by atoms with van der Waals surface area (Å²) in [5.41, 5.74) is -0.208. The van der Waals surface area contributed by atoms with Crippen LogP contribution in [-0.4, -0.2) is 15.9 Å². The fourth-order valence-corrected chi connectivity index (χ4v) is 1.53. The van der Waals surface area contributed by atoms with Crippen LogP contribution >= 0.6 is 11.6 Å². The molecule has 0 saturated carbocycles. The maximum atomic E-state index is 13.3. The summed E-state index contributed by atoms with van der Waals surface area (Å²) in [6.45, 7) is 0. The number of hydrogen-bond donors (Lipinski definition) is 1. The first-order valence-electron chi connectivity index (χ1n) is 5.09. The fourth-order valence-electron chi connectivity index (χ4n) is 1.38. The van der Waals surface area contributed by atoms with Gasteiger partial charge in [0, 0.05) is 0 Å². The van der Waals surface area contributed by atoms with Gasteiger partial charge in [0.05, 0.1) is 18.1 Å². The Balaban J connectivity index is 2.30. The number of nitrogens with zero attached hydrogens (tertiary/aromatic N) is 3. The van der Waals surface area contributed by atoms with E-state index in [-0.39, 0.29) is 22.1 Å². The van der Waals surface area contributed by atoms with Gasteiger partial charge in [-0.3, -0.25) is 9.78 Å². The average Bonchev–Trinajstić information content (AvgIpc) is 2.39. The van der Waals surface area contributed by atoms with E-state index < -0.39 is 11.7 Å². The van der Waals surface area contributed by atoms with E-state index in [1.807, 2.05) is 0 Å². The van der Waals surface area contributed by atoms with Crippen LogP contribution in [0.15, 0.2) is 30.6 Å². The van der Waals surface area contributed by atoms with Gasteiger partial charge >= 0.3 is 0 Å². The topological polar surface area (TPSA) is 78.7 Å². The number of nitrogens with one attached hydrogen (secondary N) is 1. The lowest BCUT2D eigenvalue weighted by Crippen LogP contribution is -2.15. The van der Waals surface area contributed by atoms with Crippen molar-refractivity contribution in [2.75, 3.05) is 5.32 Å². The van der Waals surface area contributed by atoms with Gasteiger partial charge in [0.2, 0.25) is 0 Å². The summed E-state index contributed by atoms with van der Waals surface area (Å²) in [5.74, 6) is -1.34. The van der Waals surface area contributed by atoms with Gasteiger partial charge in [0.15, 0.2) is 0 Å². The van der Waals surface area contributed by atoms with E-state index >= 15 is 0 Å². The van der Waals surface area contributed by atoms with Crippen LogP contribution < -0.4 is 5.32 Å². The number of halogens is 2. The van der Waals surface area contributed by atoms with Crippen LogP contribution in [-0.2, 0) is 0 Å². The molecule has 0 spiro atoms. The van der Waals surface area contributed by atoms with Crippen LogP contribution in [0.1, 0.15) is 16.1 Å². The van der Waals surface area contributed by atoms with Crippen molar-refractivity contribution in [1.82, 2.24) is 9.97 Å². The molecule has 0 aliphatic rings. The Hall–Kier alpha value is -2.52. The number of carbonyl (C=O) groups excluding carboxylic acids is 1. The molecule has 1 aromatic carbocycles. The van der Waals surface area contributed by atoms with Crippen LogP contribution in [0.2, 0.25) is 5.15 Å². The lowest BCUT2D eigenvalue weighted by atomic mass is 10.2. The molecular formula is C12H6ClFN4O. The van der Waals surface area contributed by atoms with Crippen molar-refractivity contribution in [3.63, 3.8) is 0 Å². The fraction of sp³-hybridized carbons (Fsp3) is 0. The molecule has 2 rings (SSSR count). The second kappa shape index (κ2) is 5.42. The number of anilines is 1. The highest BCUT2D eigenvalue weighted by Gasteiger charge is 2.13. The summed E-state index contributed by atoms with van der Waals surface area (Å²) >= 11 is 5.61. The van der Waals surface area contributed by atoms with Crippen LogP contribution in [0.5, 0.6) is 0 Å². The standard InChI is InChI=1S/C12H6ClFN4O/c13-11-6-16-5-10(17-11)12(19)18-9-3-1-2-8(14)7(9)4-15/h1-3,5-6H,(H,18,19). The molecule has 0 bridgehead atoms. The molecule has 0 unspecified atom stereocenters. The van der Waals surface area contributed by atoms with Crippen molar-refractivity contribution in [2.45, 2.75) is 0 Å². The molecule has 1 heterocycles. The number of carbonyl (C=O) groups is 1. The van der Waals surface area contributed by atoms with Gasteiger partial charge in [-0.05, 0) is 12.1 Å². The molecule has 0 aliphatic heterocycles. The molecule has 7 heteroatoms. The van der Waals surface area contributed by atoms with E-state index in [1.165, 1.54) is 24.5 Å². The molecule has 2 aromatic rings. The molecule has 1 N–H and O–H groups in total. The smallest absolute Gasteiger partial charge is 0.275 e. The quantitative estimate of drug-likeness (QED) is 0.913. The number of rotatable bonds is 2. The first kappa shape index (κ1) is 12.9. The third-order valence-electron chi connectivity index (χ3n) is 2.21. The number of benzene rings is 1. The third kappa shape index (κ3) is 2.84. The van der Waals surface area contributed by atoms with Gasteiger partial charge < -0.3 is 5.32 Å². The summed E-state index contributed by atoms with van der Waals surface area (Å²) in [7, 11) is 0. The van der Waals surface area contributed by atoms with E-state index in [9.17, 15) is 9.18 Å². The summed E-state index contributed by atoms with van der Waals surface area (Å²) in [4.78, 5) is 19.3. The van der Waals surface area contributed by atoms with Crippen LogP contribution in [0.3, 0.4) is 0 Å². The van der Waals surface area contributed by atoms with E-state index in [0.717, 1.165) is 6.07 Å². The molecule has 0 radical (unpaired) electrons. The maximum absolute atomic E-state index is 13.3. The Morgan fingerprint density at radius 3 is 2.89 bits per heavy atom. The summed E-state index contributed by atoms with van der Waals surface area (Å²) in [6.07, 6.45) is 2.49. The van der Waals surface area contributed by atoms with Gasteiger partial charge in [-0.1, -0.05) is 17.7 Å². The monoisotopic (exact) mass is 276 g/mol. The van der Waals surface area contributed by atoms with Gasteiger partial charge in [0.1, 0.15) is 28.3 Å². The minimum absolute atomic E-state index is 0.0272. The van der Waals surface area contributed by atoms with Crippen LogP contribution in [0.25, 0.3) is 0 Å². The molecule has 94 valence electrons. The molecule has 0 saturated heterocycles. The first-order chi connectivity index (χ1) is 9.11. The average molecular weight is 277 g/mol. The third-order valence-corrected chi connectivity index (χ3v) is 2.39. The van der Waals surface area contributed by atoms with E-state index in [4.69, 9.17) is 16.9 Å². The molecular weight excluding hydrogens is 271 g/mol. The minimum atomic E-state index is -0.711. The Morgan fingerprint density at radius 1 is 1.42 bits per heavy atom. The second-order valence-electron chi connectivity index (χ2n) is 3.46. The Bertz CT molecular complexity index is 684. The van der Waals surface area contributed by atoms with Gasteiger partial charge in [-0.2, -0.15) is 5.26 Å². The zero-order valence-corrected chi connectivity index (χ0v) is 10.1. The van der Waals surface area contributed by atoms with Crippen molar-refractivity contribution in [1.29, 1.82) is 5.26 Å². The van der Waals surface area contributed by atoms with Gasteiger partial charge in [0.25, 0.3) is 5.91 Å². The lowest BCUT2D eigenvalue weighted by Gasteiger charge is -2.06. The lowest BCUT2D eigenvalue weighted by molar-refractivity contribution is 0.102. The summed E-state index contributed by atoms with van der Waals surface area (Å²) in [6, 6.07) is 5.61. The number of aromatic nitrogens is 2. The first-order valence-corrected chi connectivity index (χ1v) is 5.47. The normalized spacial score (nSPS) is 9.74. The molecule has 1 aromatic heterocycles. The van der Waals surface area contributed by atoms with Crippen molar-refractivity contribution in [3.05, 3.63) is 52.8 Å². The molecule has 19 heavy (non-hydrogen) atoms. The van der Waals surface area contributed by atoms with Crippen LogP contribution in [0, 0.1) is 17.1 Å². The van der Waals surface area contributed by atoms with Crippen molar-refractivity contribution in [3.8, 4) is 6.07 Å². The SMILES string of the molecule is N#Cc1c(F)cccc1NC(=O)c1cncc(Cl)n1. The molecule has 5 nitrogen and oxygen atoms in total. The second-order valence-corrected chi connectivity index (χ2v) is 3.84. The maximum Gasteiger partial charge on any atom is 0.275 e. The number of hydrogen-bond acceptors (Lipinski definition) is 4. The largest absolute Gasteiger partial charge is 0.319 e. The molecule has 1 amide bonds. The molecule has 0 atom stereocenters. The number of nitriles is 1. The van der Waals surface area contributed by atoms with Crippen molar-refractivity contribution < 1.29 is 9.18 Å². The highest BCUT2D eigenvalue weighted by molar-refractivity contribution is 6.29. The highest BCUT2D eigenvalue weighted by atomic mass is 35.5.